The molecule has 110 valence electrons. The molecule has 0 saturated carbocycles. The van der Waals surface area contributed by atoms with E-state index < -0.39 is 24.1 Å². The monoisotopic (exact) mass is 287 g/mol. The van der Waals surface area contributed by atoms with Crippen molar-refractivity contribution >= 4 is 12.2 Å². The largest absolute Gasteiger partial charge is 0.466 e. The molecule has 6 heteroatoms. The van der Waals surface area contributed by atoms with Crippen LogP contribution in [0.25, 0.3) is 0 Å². The molecule has 0 aliphatic rings. The van der Waals surface area contributed by atoms with Crippen LogP contribution in [0.2, 0.25) is 0 Å². The van der Waals surface area contributed by atoms with Gasteiger partial charge < -0.3 is 4.74 Å². The summed E-state index contributed by atoms with van der Waals surface area (Å²) >= 11 is 0. The predicted octanol–water partition coefficient (Wildman–Crippen LogP) is 3.24. The summed E-state index contributed by atoms with van der Waals surface area (Å²) in [4.78, 5) is 15.0. The van der Waals surface area contributed by atoms with Crippen LogP contribution in [-0.2, 0) is 9.53 Å². The van der Waals surface area contributed by atoms with Crippen LogP contribution < -0.4 is 0 Å². The minimum absolute atomic E-state index is 0.0378. The summed E-state index contributed by atoms with van der Waals surface area (Å²) in [6, 6.07) is 6.29. The number of hydrogen-bond acceptors (Lipinski definition) is 3. The molecule has 0 aromatic heterocycles. The molecule has 0 spiro atoms. The fourth-order valence-corrected chi connectivity index (χ4v) is 1.61. The van der Waals surface area contributed by atoms with Crippen molar-refractivity contribution in [2.24, 2.45) is 10.9 Å². The molecule has 2 atom stereocenters. The fourth-order valence-electron chi connectivity index (χ4n) is 1.61. The molecule has 3 nitrogen and oxygen atoms in total. The van der Waals surface area contributed by atoms with E-state index in [1.807, 2.05) is 0 Å². The maximum Gasteiger partial charge on any atom is 0.411 e. The number of esters is 1. The van der Waals surface area contributed by atoms with Crippen molar-refractivity contribution < 1.29 is 22.7 Å². The summed E-state index contributed by atoms with van der Waals surface area (Å²) in [7, 11) is 0. The van der Waals surface area contributed by atoms with Gasteiger partial charge in [-0.1, -0.05) is 30.3 Å². The summed E-state index contributed by atoms with van der Waals surface area (Å²) < 4.78 is 43.5. The summed E-state index contributed by atoms with van der Waals surface area (Å²) in [5.74, 6) is -2.28. The number of benzene rings is 1. The first-order valence-corrected chi connectivity index (χ1v) is 6.17. The van der Waals surface area contributed by atoms with E-state index >= 15 is 0 Å². The molecule has 1 aromatic carbocycles. The lowest BCUT2D eigenvalue weighted by molar-refractivity contribution is -0.173. The second-order valence-corrected chi connectivity index (χ2v) is 4.22. The molecule has 0 saturated heterocycles. The average molecular weight is 287 g/mol. The highest BCUT2D eigenvalue weighted by Gasteiger charge is 2.46. The van der Waals surface area contributed by atoms with Crippen molar-refractivity contribution in [1.82, 2.24) is 0 Å². The zero-order valence-electron chi connectivity index (χ0n) is 11.2. The number of carbonyl (C=O) groups is 1. The molecule has 0 aliphatic heterocycles. The second kappa shape index (κ2) is 7.07. The van der Waals surface area contributed by atoms with Gasteiger partial charge in [0, 0.05) is 6.21 Å². The fraction of sp³-hybridized carbons (Fsp3) is 0.429. The number of ether oxygens (including phenoxy) is 1. The lowest BCUT2D eigenvalue weighted by atomic mass is 10.0. The SMILES string of the molecule is CCOC(=O)[C@@H](C)[C@@H](N=Cc1ccccc1)C(F)(F)F. The van der Waals surface area contributed by atoms with Crippen molar-refractivity contribution in [2.45, 2.75) is 26.1 Å². The number of halogens is 3. The van der Waals surface area contributed by atoms with E-state index in [0.717, 1.165) is 6.21 Å². The maximum atomic E-state index is 13.0. The number of alkyl halides is 3. The number of carbonyl (C=O) groups excluding carboxylic acids is 1. The first-order valence-electron chi connectivity index (χ1n) is 6.17. The van der Waals surface area contributed by atoms with Crippen LogP contribution in [0.5, 0.6) is 0 Å². The van der Waals surface area contributed by atoms with E-state index in [0.29, 0.717) is 5.56 Å². The Kier molecular flexibility index (Phi) is 5.73. The maximum absolute atomic E-state index is 13.0. The van der Waals surface area contributed by atoms with Crippen LogP contribution in [-0.4, -0.2) is 31.0 Å². The molecule has 0 unspecified atom stereocenters. The van der Waals surface area contributed by atoms with Gasteiger partial charge in [-0.2, -0.15) is 13.2 Å². The zero-order valence-corrected chi connectivity index (χ0v) is 11.2. The molecule has 0 fully saturated rings. The van der Waals surface area contributed by atoms with E-state index in [9.17, 15) is 18.0 Å². The normalized spacial score (nSPS) is 15.1. The van der Waals surface area contributed by atoms with E-state index in [1.54, 1.807) is 37.3 Å². The van der Waals surface area contributed by atoms with Crippen LogP contribution in [0, 0.1) is 5.92 Å². The number of nitrogens with zero attached hydrogens (tertiary/aromatic N) is 1. The third kappa shape index (κ3) is 4.68. The molecule has 0 amide bonds. The molecular weight excluding hydrogens is 271 g/mol. The smallest absolute Gasteiger partial charge is 0.411 e. The van der Waals surface area contributed by atoms with E-state index in [4.69, 9.17) is 0 Å². The predicted molar refractivity (Wildman–Crippen MR) is 69.7 cm³/mol. The third-order valence-corrected chi connectivity index (χ3v) is 2.65. The Labute approximate surface area is 115 Å². The Bertz CT molecular complexity index is 457. The number of rotatable bonds is 5. The Morgan fingerprint density at radius 3 is 2.45 bits per heavy atom. The van der Waals surface area contributed by atoms with Crippen LogP contribution in [0.1, 0.15) is 19.4 Å². The van der Waals surface area contributed by atoms with E-state index in [-0.39, 0.29) is 6.61 Å². The summed E-state index contributed by atoms with van der Waals surface area (Å²) in [6.45, 7) is 2.75. The van der Waals surface area contributed by atoms with E-state index in [2.05, 4.69) is 9.73 Å². The molecule has 1 rings (SSSR count). The topological polar surface area (TPSA) is 38.7 Å². The molecule has 0 bridgehead atoms. The van der Waals surface area contributed by atoms with Crippen LogP contribution in [0.4, 0.5) is 13.2 Å². The van der Waals surface area contributed by atoms with Crippen LogP contribution >= 0.6 is 0 Å². The van der Waals surface area contributed by atoms with Gasteiger partial charge in [-0.25, -0.2) is 0 Å². The van der Waals surface area contributed by atoms with Gasteiger partial charge in [-0.05, 0) is 19.4 Å². The van der Waals surface area contributed by atoms with Gasteiger partial charge in [-0.15, -0.1) is 0 Å². The zero-order chi connectivity index (χ0) is 15.2. The standard InChI is InChI=1S/C14H16F3NO2/c1-3-20-13(19)10(2)12(14(15,16)17)18-9-11-7-5-4-6-8-11/h4-10,12H,3H2,1-2H3/t10-,12+/m0/s1. The second-order valence-electron chi connectivity index (χ2n) is 4.22. The van der Waals surface area contributed by atoms with Gasteiger partial charge in [-0.3, -0.25) is 9.79 Å². The highest BCUT2D eigenvalue weighted by Crippen LogP contribution is 2.29. The van der Waals surface area contributed by atoms with Crippen LogP contribution in [0.3, 0.4) is 0 Å². The minimum Gasteiger partial charge on any atom is -0.466 e. The average Bonchev–Trinajstić information content (AvgIpc) is 2.38. The van der Waals surface area contributed by atoms with Crippen molar-refractivity contribution in [2.75, 3.05) is 6.61 Å². The Balaban J connectivity index is 2.91. The van der Waals surface area contributed by atoms with Crippen LogP contribution in [0.15, 0.2) is 35.3 Å². The molecule has 20 heavy (non-hydrogen) atoms. The summed E-state index contributed by atoms with van der Waals surface area (Å²) in [6.07, 6.45) is -3.48. The van der Waals surface area contributed by atoms with Gasteiger partial charge in [0.15, 0.2) is 6.04 Å². The molecule has 0 aliphatic carbocycles. The Morgan fingerprint density at radius 1 is 1.35 bits per heavy atom. The Morgan fingerprint density at radius 2 is 1.95 bits per heavy atom. The quantitative estimate of drug-likeness (QED) is 0.616. The van der Waals surface area contributed by atoms with E-state index in [1.165, 1.54) is 6.92 Å². The van der Waals surface area contributed by atoms with Crippen molar-refractivity contribution in [3.05, 3.63) is 35.9 Å². The van der Waals surface area contributed by atoms with Gasteiger partial charge in [0.25, 0.3) is 0 Å². The summed E-state index contributed by atoms with van der Waals surface area (Å²) in [5, 5.41) is 0. The first-order chi connectivity index (χ1) is 9.36. The molecule has 1 aromatic rings. The highest BCUT2D eigenvalue weighted by molar-refractivity contribution is 5.80. The number of hydrogen-bond donors (Lipinski definition) is 0. The first kappa shape index (κ1) is 16.2. The third-order valence-electron chi connectivity index (χ3n) is 2.65. The molecule has 0 N–H and O–H groups in total. The highest BCUT2D eigenvalue weighted by atomic mass is 19.4. The van der Waals surface area contributed by atoms with Crippen molar-refractivity contribution in [1.29, 1.82) is 0 Å². The van der Waals surface area contributed by atoms with Crippen molar-refractivity contribution in [3.63, 3.8) is 0 Å². The lowest BCUT2D eigenvalue weighted by Gasteiger charge is -2.21. The van der Waals surface area contributed by atoms with Gasteiger partial charge in [0.1, 0.15) is 0 Å². The van der Waals surface area contributed by atoms with Gasteiger partial charge in [0.2, 0.25) is 0 Å². The molecule has 0 heterocycles. The number of aliphatic imine (C=N–C) groups is 1. The van der Waals surface area contributed by atoms with Gasteiger partial charge in [0.05, 0.1) is 12.5 Å². The van der Waals surface area contributed by atoms with Gasteiger partial charge >= 0.3 is 12.1 Å². The molecule has 0 radical (unpaired) electrons. The lowest BCUT2D eigenvalue weighted by Crippen LogP contribution is -2.38. The Hall–Kier alpha value is -1.85. The minimum atomic E-state index is -4.60. The summed E-state index contributed by atoms with van der Waals surface area (Å²) in [5.41, 5.74) is 0.540. The molecular formula is C14H16F3NO2. The van der Waals surface area contributed by atoms with Crippen molar-refractivity contribution in [3.8, 4) is 0 Å².